The zero-order chi connectivity index (χ0) is 19.1. The molecule has 0 aliphatic carbocycles. The van der Waals surface area contributed by atoms with E-state index in [0.29, 0.717) is 18.7 Å². The molecule has 26 heavy (non-hydrogen) atoms. The highest BCUT2D eigenvalue weighted by Crippen LogP contribution is 2.38. The lowest BCUT2D eigenvalue weighted by molar-refractivity contribution is -0.150. The number of hydrogen-bond acceptors (Lipinski definition) is 3. The van der Waals surface area contributed by atoms with Crippen molar-refractivity contribution in [3.63, 3.8) is 0 Å². The minimum absolute atomic E-state index is 0.0374. The van der Waals surface area contributed by atoms with Crippen LogP contribution in [0.2, 0.25) is 0 Å². The third kappa shape index (κ3) is 3.00. The van der Waals surface area contributed by atoms with Crippen LogP contribution in [0.4, 0.5) is 0 Å². The van der Waals surface area contributed by atoms with E-state index in [9.17, 15) is 14.7 Å². The summed E-state index contributed by atoms with van der Waals surface area (Å²) in [5.41, 5.74) is 2.41. The van der Waals surface area contributed by atoms with Crippen LogP contribution in [0, 0.1) is 25.2 Å². The lowest BCUT2D eigenvalue weighted by Gasteiger charge is -2.28. The van der Waals surface area contributed by atoms with Gasteiger partial charge >= 0.3 is 5.97 Å². The maximum Gasteiger partial charge on any atom is 0.311 e. The second kappa shape index (κ2) is 6.59. The van der Waals surface area contributed by atoms with Crippen molar-refractivity contribution in [3.8, 4) is 5.69 Å². The number of likely N-dealkylation sites (tertiary alicyclic amines) is 1. The molecule has 0 spiro atoms. The maximum atomic E-state index is 12.9. The summed E-state index contributed by atoms with van der Waals surface area (Å²) in [5, 5.41) is 14.1. The molecule has 1 saturated heterocycles. The van der Waals surface area contributed by atoms with E-state index in [1.165, 1.54) is 0 Å². The third-order valence-corrected chi connectivity index (χ3v) is 5.50. The van der Waals surface area contributed by atoms with E-state index in [0.717, 1.165) is 16.9 Å². The van der Waals surface area contributed by atoms with E-state index in [4.69, 9.17) is 0 Å². The molecule has 1 aliphatic heterocycles. The Balaban J connectivity index is 1.85. The summed E-state index contributed by atoms with van der Waals surface area (Å²) >= 11 is 0. The zero-order valence-electron chi connectivity index (χ0n) is 15.7. The molecule has 1 aromatic carbocycles. The van der Waals surface area contributed by atoms with Gasteiger partial charge in [-0.1, -0.05) is 31.5 Å². The van der Waals surface area contributed by atoms with Gasteiger partial charge in [-0.05, 0) is 44.4 Å². The molecule has 0 bridgehead atoms. The van der Waals surface area contributed by atoms with Crippen LogP contribution < -0.4 is 0 Å². The fourth-order valence-electron chi connectivity index (χ4n) is 3.59. The summed E-state index contributed by atoms with van der Waals surface area (Å²) in [4.78, 5) is 26.3. The van der Waals surface area contributed by atoms with Gasteiger partial charge in [-0.15, -0.1) is 0 Å². The van der Waals surface area contributed by atoms with Gasteiger partial charge in [-0.3, -0.25) is 9.59 Å². The summed E-state index contributed by atoms with van der Waals surface area (Å²) in [6, 6.07) is 9.70. The van der Waals surface area contributed by atoms with E-state index in [2.05, 4.69) is 5.10 Å². The Morgan fingerprint density at radius 2 is 1.85 bits per heavy atom. The molecule has 1 N–H and O–H groups in total. The van der Waals surface area contributed by atoms with Crippen LogP contribution >= 0.6 is 0 Å². The minimum Gasteiger partial charge on any atom is -0.481 e. The Bertz CT molecular complexity index is 838. The molecule has 3 rings (SSSR count). The zero-order valence-corrected chi connectivity index (χ0v) is 15.7. The smallest absolute Gasteiger partial charge is 0.311 e. The van der Waals surface area contributed by atoms with Crippen LogP contribution in [-0.2, 0) is 4.79 Å². The molecule has 1 aromatic heterocycles. The number of amides is 1. The van der Waals surface area contributed by atoms with E-state index in [-0.39, 0.29) is 18.4 Å². The lowest BCUT2D eigenvalue weighted by atomic mass is 9.76. The topological polar surface area (TPSA) is 75.4 Å². The molecule has 6 nitrogen and oxygen atoms in total. The van der Waals surface area contributed by atoms with Crippen molar-refractivity contribution < 1.29 is 14.7 Å². The first-order valence-corrected chi connectivity index (χ1v) is 8.91. The molecule has 1 amide bonds. The van der Waals surface area contributed by atoms with E-state index >= 15 is 0 Å². The van der Waals surface area contributed by atoms with Crippen LogP contribution in [0.1, 0.15) is 42.0 Å². The summed E-state index contributed by atoms with van der Waals surface area (Å²) in [6.07, 6.45) is 0.476. The van der Waals surface area contributed by atoms with Crippen molar-refractivity contribution >= 4 is 11.9 Å². The molecule has 0 saturated carbocycles. The van der Waals surface area contributed by atoms with Gasteiger partial charge in [0.15, 0.2) is 5.69 Å². The minimum atomic E-state index is -0.871. The fraction of sp³-hybridized carbons (Fsp3) is 0.450. The Morgan fingerprint density at radius 3 is 2.38 bits per heavy atom. The molecule has 1 unspecified atom stereocenters. The van der Waals surface area contributed by atoms with Crippen LogP contribution in [0.5, 0.6) is 0 Å². The van der Waals surface area contributed by atoms with Gasteiger partial charge in [0.05, 0.1) is 11.1 Å². The molecule has 138 valence electrons. The molecular formula is C20H25N3O3. The summed E-state index contributed by atoms with van der Waals surface area (Å²) in [6.45, 7) is 8.40. The first-order valence-electron chi connectivity index (χ1n) is 8.91. The Hall–Kier alpha value is -2.63. The molecule has 2 heterocycles. The molecular weight excluding hydrogens is 330 g/mol. The van der Waals surface area contributed by atoms with Crippen LogP contribution in [0.25, 0.3) is 5.69 Å². The predicted octanol–water partition coefficient (Wildman–Crippen LogP) is 3.06. The van der Waals surface area contributed by atoms with Gasteiger partial charge < -0.3 is 10.0 Å². The van der Waals surface area contributed by atoms with Crippen LogP contribution in [0.3, 0.4) is 0 Å². The number of hydrogen-bond donors (Lipinski definition) is 1. The number of carbonyl (C=O) groups excluding carboxylic acids is 1. The highest BCUT2D eigenvalue weighted by atomic mass is 16.4. The number of benzene rings is 1. The highest BCUT2D eigenvalue weighted by Gasteiger charge is 2.48. The number of aryl methyl sites for hydroxylation is 2. The van der Waals surface area contributed by atoms with E-state index in [1.54, 1.807) is 15.6 Å². The van der Waals surface area contributed by atoms with Crippen LogP contribution in [-0.4, -0.2) is 44.8 Å². The van der Waals surface area contributed by atoms with E-state index in [1.807, 2.05) is 52.0 Å². The number of carboxylic acid groups (broad SMARTS) is 1. The quantitative estimate of drug-likeness (QED) is 0.914. The average Bonchev–Trinajstić information content (AvgIpc) is 3.20. The number of carbonyl (C=O) groups is 2. The van der Waals surface area contributed by atoms with Gasteiger partial charge in [0.1, 0.15) is 0 Å². The highest BCUT2D eigenvalue weighted by molar-refractivity contribution is 5.93. The number of carboxylic acids is 1. The fourth-order valence-corrected chi connectivity index (χ4v) is 3.59. The van der Waals surface area contributed by atoms with Gasteiger partial charge in [-0.2, -0.15) is 5.10 Å². The van der Waals surface area contributed by atoms with Gasteiger partial charge in [-0.25, -0.2) is 4.68 Å². The number of rotatable bonds is 4. The first kappa shape index (κ1) is 18.2. The average molecular weight is 355 g/mol. The summed E-state index contributed by atoms with van der Waals surface area (Å²) in [7, 11) is 0. The first-order chi connectivity index (χ1) is 12.2. The second-order valence-electron chi connectivity index (χ2n) is 7.51. The monoisotopic (exact) mass is 355 g/mol. The lowest BCUT2D eigenvalue weighted by Crippen LogP contribution is -2.40. The molecule has 0 radical (unpaired) electrons. The van der Waals surface area contributed by atoms with Gasteiger partial charge in [0.25, 0.3) is 5.91 Å². The second-order valence-corrected chi connectivity index (χ2v) is 7.51. The van der Waals surface area contributed by atoms with Crippen molar-refractivity contribution in [3.05, 3.63) is 47.3 Å². The van der Waals surface area contributed by atoms with Crippen molar-refractivity contribution in [2.45, 2.75) is 34.1 Å². The number of nitrogens with zero attached hydrogens (tertiary/aromatic N) is 3. The molecule has 6 heteroatoms. The Morgan fingerprint density at radius 1 is 1.19 bits per heavy atom. The number of aromatic nitrogens is 2. The molecule has 1 atom stereocenters. The van der Waals surface area contributed by atoms with E-state index < -0.39 is 11.4 Å². The molecule has 2 aromatic rings. The van der Waals surface area contributed by atoms with Gasteiger partial charge in [0, 0.05) is 18.8 Å². The van der Waals surface area contributed by atoms with Crippen molar-refractivity contribution in [1.29, 1.82) is 0 Å². The van der Waals surface area contributed by atoms with Crippen molar-refractivity contribution in [2.75, 3.05) is 13.1 Å². The summed E-state index contributed by atoms with van der Waals surface area (Å²) in [5.74, 6) is -1.07. The Kier molecular flexibility index (Phi) is 4.61. The third-order valence-electron chi connectivity index (χ3n) is 5.50. The van der Waals surface area contributed by atoms with Crippen molar-refractivity contribution in [2.24, 2.45) is 11.3 Å². The predicted molar refractivity (Wildman–Crippen MR) is 98.5 cm³/mol. The SMILES string of the molecule is Cc1ccc(-n2nc(C(=O)N3CCC(C(=O)O)(C(C)C)C3)cc2C)cc1. The van der Waals surface area contributed by atoms with Gasteiger partial charge in [0.2, 0.25) is 0 Å². The largest absolute Gasteiger partial charge is 0.481 e. The molecule has 1 aliphatic rings. The van der Waals surface area contributed by atoms with Crippen molar-refractivity contribution in [1.82, 2.24) is 14.7 Å². The normalized spacial score (nSPS) is 20.0. The Labute approximate surface area is 153 Å². The standard InChI is InChI=1S/C20H25N3O3/c1-13(2)20(19(25)26)9-10-22(12-20)18(24)17-11-15(4)23(21-17)16-7-5-14(3)6-8-16/h5-8,11,13H,9-10,12H2,1-4H3,(H,25,26). The number of aliphatic carboxylic acids is 1. The van der Waals surface area contributed by atoms with Crippen LogP contribution in [0.15, 0.2) is 30.3 Å². The molecule has 1 fully saturated rings. The maximum absolute atomic E-state index is 12.9. The summed E-state index contributed by atoms with van der Waals surface area (Å²) < 4.78 is 1.75.